The summed E-state index contributed by atoms with van der Waals surface area (Å²) in [6.45, 7) is 6.20. The molecule has 2 amide bonds. The van der Waals surface area contributed by atoms with Gasteiger partial charge in [-0.3, -0.25) is 14.4 Å². The van der Waals surface area contributed by atoms with E-state index in [2.05, 4.69) is 78.3 Å². The van der Waals surface area contributed by atoms with Crippen LogP contribution in [0, 0.1) is 5.92 Å². The number of ketones is 1. The Bertz CT molecular complexity index is 1490. The van der Waals surface area contributed by atoms with Crippen molar-refractivity contribution in [3.63, 3.8) is 0 Å². The number of carbonyl (C=O) groups is 3. The number of benzene rings is 2. The Morgan fingerprint density at radius 1 is 0.745 bits per heavy atom. The standard InChI is InChI=1S/C44H57ClN2O4/c1-4-5-6-7-8-9-10-11-12-13-14-15-16-17-18-19-20-21-41(48)47-39-30-22-35(23-31-39)34-46-43(50)44(2,3)51-40-32-26-37(27-33-40)42(49)36-24-28-38(45)29-25-36/h5-6,8-9,11-12,14-15,17-18,24-29,32-33,35,39H,4,7,10,13,16,19-23,30-31,34H2,1-3H3,(H,46,50)(H,47,48)/b6-5-,9-8-,12-11-,15-14-,18-17-/t35-,39-. The Morgan fingerprint density at radius 2 is 1.25 bits per heavy atom. The van der Waals surface area contributed by atoms with Gasteiger partial charge in [0.1, 0.15) is 5.75 Å². The summed E-state index contributed by atoms with van der Waals surface area (Å²) in [5.41, 5.74) is -0.00298. The Morgan fingerprint density at radius 3 is 1.80 bits per heavy atom. The normalized spacial score (nSPS) is 16.9. The second kappa shape index (κ2) is 23.3. The lowest BCUT2D eigenvalue weighted by atomic mass is 9.85. The van der Waals surface area contributed by atoms with Gasteiger partial charge < -0.3 is 15.4 Å². The van der Waals surface area contributed by atoms with Gasteiger partial charge in [0.2, 0.25) is 5.91 Å². The molecule has 0 atom stereocenters. The fourth-order valence-corrected chi connectivity index (χ4v) is 5.92. The fraction of sp³-hybridized carbons (Fsp3) is 0.432. The molecule has 0 radical (unpaired) electrons. The van der Waals surface area contributed by atoms with Gasteiger partial charge in [0.05, 0.1) is 0 Å². The summed E-state index contributed by atoms with van der Waals surface area (Å²) in [6.07, 6.45) is 32.9. The van der Waals surface area contributed by atoms with Crippen molar-refractivity contribution in [1.29, 1.82) is 0 Å². The van der Waals surface area contributed by atoms with Crippen molar-refractivity contribution in [1.82, 2.24) is 10.6 Å². The van der Waals surface area contributed by atoms with Crippen molar-refractivity contribution in [2.45, 2.75) is 109 Å². The summed E-state index contributed by atoms with van der Waals surface area (Å²) in [6, 6.07) is 13.8. The smallest absolute Gasteiger partial charge is 0.263 e. The number of hydrogen-bond acceptors (Lipinski definition) is 4. The Balaban J connectivity index is 1.23. The van der Waals surface area contributed by atoms with E-state index < -0.39 is 5.60 Å². The molecule has 1 aliphatic rings. The molecule has 7 heteroatoms. The zero-order valence-electron chi connectivity index (χ0n) is 30.8. The second-order valence-corrected chi connectivity index (χ2v) is 14.0. The maximum atomic E-state index is 13.0. The van der Waals surface area contributed by atoms with Crippen molar-refractivity contribution in [2.24, 2.45) is 5.92 Å². The molecule has 2 N–H and O–H groups in total. The maximum absolute atomic E-state index is 13.0. The molecule has 0 unspecified atom stereocenters. The average Bonchev–Trinajstić information content (AvgIpc) is 3.12. The number of unbranched alkanes of at least 4 members (excludes halogenated alkanes) is 1. The van der Waals surface area contributed by atoms with E-state index in [1.54, 1.807) is 62.4 Å². The number of nitrogens with one attached hydrogen (secondary N) is 2. The molecule has 1 saturated carbocycles. The van der Waals surface area contributed by atoms with Gasteiger partial charge in [-0.2, -0.15) is 0 Å². The first-order valence-corrected chi connectivity index (χ1v) is 19.0. The number of rotatable bonds is 21. The molecule has 0 aromatic heterocycles. The zero-order chi connectivity index (χ0) is 36.7. The van der Waals surface area contributed by atoms with Gasteiger partial charge in [-0.15, -0.1) is 0 Å². The van der Waals surface area contributed by atoms with Crippen molar-refractivity contribution >= 4 is 29.2 Å². The van der Waals surface area contributed by atoms with E-state index in [1.165, 1.54) is 0 Å². The number of halogens is 1. The molecule has 274 valence electrons. The minimum absolute atomic E-state index is 0.109. The van der Waals surface area contributed by atoms with Crippen LogP contribution in [0.25, 0.3) is 0 Å². The van der Waals surface area contributed by atoms with Crippen LogP contribution >= 0.6 is 11.6 Å². The van der Waals surface area contributed by atoms with Crippen LogP contribution in [0.5, 0.6) is 5.75 Å². The maximum Gasteiger partial charge on any atom is 0.263 e. The number of allylic oxidation sites excluding steroid dienone is 10. The SMILES string of the molecule is CC/C=C\C/C=C\C/C=C\C/C=C\C/C=C\CCCC(=O)N[C@H]1CC[C@H](CNC(=O)C(C)(C)Oc2ccc(C(=O)c3ccc(Cl)cc3)cc2)CC1. The van der Waals surface area contributed by atoms with Gasteiger partial charge in [0.15, 0.2) is 11.4 Å². The number of hydrogen-bond donors (Lipinski definition) is 2. The molecule has 0 heterocycles. The lowest BCUT2D eigenvalue weighted by molar-refractivity contribution is -0.134. The third kappa shape index (κ3) is 16.6. The van der Waals surface area contributed by atoms with E-state index >= 15 is 0 Å². The van der Waals surface area contributed by atoms with E-state index in [-0.39, 0.29) is 23.6 Å². The molecule has 2 aromatic carbocycles. The van der Waals surface area contributed by atoms with E-state index in [0.717, 1.165) is 70.6 Å². The van der Waals surface area contributed by atoms with Crippen molar-refractivity contribution < 1.29 is 19.1 Å². The van der Waals surface area contributed by atoms with Crippen LogP contribution in [0.15, 0.2) is 109 Å². The van der Waals surface area contributed by atoms with Gasteiger partial charge in [-0.05, 0) is 139 Å². The highest BCUT2D eigenvalue weighted by atomic mass is 35.5. The minimum Gasteiger partial charge on any atom is -0.478 e. The van der Waals surface area contributed by atoms with E-state index in [0.29, 0.717) is 40.8 Å². The van der Waals surface area contributed by atoms with Gasteiger partial charge in [0, 0.05) is 35.2 Å². The van der Waals surface area contributed by atoms with Gasteiger partial charge in [-0.25, -0.2) is 0 Å². The molecule has 2 aromatic rings. The average molecular weight is 713 g/mol. The Labute approximate surface area is 311 Å². The molecular formula is C44H57ClN2O4. The fourth-order valence-electron chi connectivity index (χ4n) is 5.79. The molecular weight excluding hydrogens is 656 g/mol. The molecule has 0 aliphatic heterocycles. The van der Waals surface area contributed by atoms with Crippen molar-refractivity contribution in [2.75, 3.05) is 6.54 Å². The molecule has 0 saturated heterocycles. The highest BCUT2D eigenvalue weighted by Crippen LogP contribution is 2.25. The number of ether oxygens (including phenoxy) is 1. The highest BCUT2D eigenvalue weighted by molar-refractivity contribution is 6.30. The first kappa shape index (κ1) is 41.3. The summed E-state index contributed by atoms with van der Waals surface area (Å²) in [5, 5.41) is 6.85. The van der Waals surface area contributed by atoms with Crippen LogP contribution in [-0.2, 0) is 9.59 Å². The number of amides is 2. The Kier molecular flexibility index (Phi) is 18.9. The van der Waals surface area contributed by atoms with Crippen LogP contribution < -0.4 is 15.4 Å². The first-order chi connectivity index (χ1) is 24.7. The lowest BCUT2D eigenvalue weighted by Gasteiger charge is -2.31. The Hall–Kier alpha value is -4.16. The summed E-state index contributed by atoms with van der Waals surface area (Å²) in [7, 11) is 0. The van der Waals surface area contributed by atoms with Crippen LogP contribution in [0.1, 0.15) is 114 Å². The molecule has 0 bridgehead atoms. The zero-order valence-corrected chi connectivity index (χ0v) is 31.5. The van der Waals surface area contributed by atoms with Crippen LogP contribution in [0.3, 0.4) is 0 Å². The quantitative estimate of drug-likeness (QED) is 0.0766. The predicted octanol–water partition coefficient (Wildman–Crippen LogP) is 10.4. The molecule has 1 fully saturated rings. The van der Waals surface area contributed by atoms with Gasteiger partial charge in [0.25, 0.3) is 5.91 Å². The van der Waals surface area contributed by atoms with Crippen molar-refractivity contribution in [3.8, 4) is 5.75 Å². The molecule has 1 aliphatic carbocycles. The summed E-state index contributed by atoms with van der Waals surface area (Å²) in [4.78, 5) is 38.3. The largest absolute Gasteiger partial charge is 0.478 e. The predicted molar refractivity (Wildman–Crippen MR) is 211 cm³/mol. The third-order valence-electron chi connectivity index (χ3n) is 8.84. The lowest BCUT2D eigenvalue weighted by Crippen LogP contribution is -2.48. The monoisotopic (exact) mass is 712 g/mol. The summed E-state index contributed by atoms with van der Waals surface area (Å²) < 4.78 is 6.02. The van der Waals surface area contributed by atoms with Crippen molar-refractivity contribution in [3.05, 3.63) is 125 Å². The van der Waals surface area contributed by atoms with E-state index in [9.17, 15) is 14.4 Å². The summed E-state index contributed by atoms with van der Waals surface area (Å²) in [5.74, 6) is 0.706. The van der Waals surface area contributed by atoms with Crippen LogP contribution in [-0.4, -0.2) is 35.8 Å². The van der Waals surface area contributed by atoms with Crippen LogP contribution in [0.4, 0.5) is 0 Å². The van der Waals surface area contributed by atoms with E-state index in [4.69, 9.17) is 16.3 Å². The molecule has 0 spiro atoms. The summed E-state index contributed by atoms with van der Waals surface area (Å²) >= 11 is 5.93. The highest BCUT2D eigenvalue weighted by Gasteiger charge is 2.31. The second-order valence-electron chi connectivity index (χ2n) is 13.6. The van der Waals surface area contributed by atoms with Crippen LogP contribution in [0.2, 0.25) is 5.02 Å². The van der Waals surface area contributed by atoms with Gasteiger partial charge in [-0.1, -0.05) is 79.3 Å². The van der Waals surface area contributed by atoms with E-state index in [1.807, 2.05) is 0 Å². The van der Waals surface area contributed by atoms with Gasteiger partial charge >= 0.3 is 0 Å². The number of carbonyl (C=O) groups excluding carboxylic acids is 3. The third-order valence-corrected chi connectivity index (χ3v) is 9.09. The molecule has 3 rings (SSSR count). The minimum atomic E-state index is -1.08. The topological polar surface area (TPSA) is 84.5 Å². The molecule has 6 nitrogen and oxygen atoms in total. The first-order valence-electron chi connectivity index (χ1n) is 18.6. The molecule has 51 heavy (non-hydrogen) atoms.